The summed E-state index contributed by atoms with van der Waals surface area (Å²) in [6.07, 6.45) is 0. The third kappa shape index (κ3) is 1.16. The maximum Gasteiger partial charge on any atom is 0.315 e. The molecule has 7 nitrogen and oxygen atoms in total. The highest BCUT2D eigenvalue weighted by atomic mass is 32.2. The van der Waals surface area contributed by atoms with Crippen LogP contribution in [0.4, 0.5) is 0 Å². The molecule has 0 fully saturated rings. The molecule has 0 spiro atoms. The van der Waals surface area contributed by atoms with Gasteiger partial charge in [0.25, 0.3) is 0 Å². The van der Waals surface area contributed by atoms with Gasteiger partial charge in [-0.15, -0.1) is 10.2 Å². The number of rotatable bonds is 2. The minimum Gasteiger partial charge on any atom is -0.270 e. The molecule has 8 heteroatoms. The Kier molecular flexibility index (Phi) is 1.72. The normalized spacial score (nSPS) is 18.5. The SMILES string of the molecule is COS(=O)(=O)C1N=NN=N1. The molecule has 0 saturated carbocycles. The van der Waals surface area contributed by atoms with Gasteiger partial charge in [0.2, 0.25) is 0 Å². The Bertz CT molecular complexity index is 254. The second-order valence-electron chi connectivity index (χ2n) is 1.40. The maximum atomic E-state index is 10.7. The summed E-state index contributed by atoms with van der Waals surface area (Å²) in [6, 6.07) is 0. The van der Waals surface area contributed by atoms with E-state index in [1.165, 1.54) is 0 Å². The largest absolute Gasteiger partial charge is 0.315 e. The van der Waals surface area contributed by atoms with Crippen LogP contribution in [0, 0.1) is 0 Å². The Balaban J connectivity index is 2.85. The molecule has 1 aliphatic heterocycles. The standard InChI is InChI=1S/C2H4N4O3S/c1-9-10(7,8)2-3-5-6-4-2/h2H,1H3. The van der Waals surface area contributed by atoms with E-state index in [0.29, 0.717) is 0 Å². The summed E-state index contributed by atoms with van der Waals surface area (Å²) in [7, 11) is -2.69. The second kappa shape index (κ2) is 2.39. The van der Waals surface area contributed by atoms with Crippen molar-refractivity contribution in [1.29, 1.82) is 0 Å². The van der Waals surface area contributed by atoms with Crippen LogP contribution in [0.3, 0.4) is 0 Å². The summed E-state index contributed by atoms with van der Waals surface area (Å²) >= 11 is 0. The van der Waals surface area contributed by atoms with E-state index >= 15 is 0 Å². The van der Waals surface area contributed by atoms with E-state index < -0.39 is 15.6 Å². The van der Waals surface area contributed by atoms with Gasteiger partial charge in [-0.3, -0.25) is 4.18 Å². The first-order valence-corrected chi connectivity index (χ1v) is 3.73. The van der Waals surface area contributed by atoms with Gasteiger partial charge < -0.3 is 0 Å². The highest BCUT2D eigenvalue weighted by molar-refractivity contribution is 7.87. The fraction of sp³-hybridized carbons (Fsp3) is 1.00. The van der Waals surface area contributed by atoms with Crippen molar-refractivity contribution < 1.29 is 12.6 Å². The van der Waals surface area contributed by atoms with E-state index in [1.807, 2.05) is 0 Å². The molecule has 0 aliphatic carbocycles. The average molecular weight is 164 g/mol. The first-order valence-electron chi connectivity index (χ1n) is 2.26. The van der Waals surface area contributed by atoms with E-state index in [2.05, 4.69) is 24.9 Å². The van der Waals surface area contributed by atoms with Gasteiger partial charge in [0.15, 0.2) is 0 Å². The van der Waals surface area contributed by atoms with Crippen LogP contribution in [0.25, 0.3) is 0 Å². The Labute approximate surface area is 56.9 Å². The van der Waals surface area contributed by atoms with Crippen molar-refractivity contribution in [2.24, 2.45) is 20.7 Å². The lowest BCUT2D eigenvalue weighted by atomic mass is 11.2. The molecule has 0 atom stereocenters. The van der Waals surface area contributed by atoms with Crippen molar-refractivity contribution in [2.45, 2.75) is 5.50 Å². The quantitative estimate of drug-likeness (QED) is 0.541. The van der Waals surface area contributed by atoms with Gasteiger partial charge in [-0.05, 0) is 10.4 Å². The molecule has 1 heterocycles. The number of hydrogen-bond donors (Lipinski definition) is 0. The monoisotopic (exact) mass is 164 g/mol. The fourth-order valence-corrected chi connectivity index (χ4v) is 0.847. The lowest BCUT2D eigenvalue weighted by Crippen LogP contribution is -2.15. The van der Waals surface area contributed by atoms with Crippen molar-refractivity contribution in [3.05, 3.63) is 0 Å². The predicted octanol–water partition coefficient (Wildman–Crippen LogP) is 0.0792. The van der Waals surface area contributed by atoms with Crippen LogP contribution in [0.15, 0.2) is 20.7 Å². The van der Waals surface area contributed by atoms with Crippen molar-refractivity contribution >= 4 is 10.1 Å². The highest BCUT2D eigenvalue weighted by Gasteiger charge is 2.26. The van der Waals surface area contributed by atoms with Crippen LogP contribution in [-0.2, 0) is 14.3 Å². The van der Waals surface area contributed by atoms with Crippen LogP contribution < -0.4 is 0 Å². The van der Waals surface area contributed by atoms with Crippen LogP contribution in [-0.4, -0.2) is 21.0 Å². The second-order valence-corrected chi connectivity index (χ2v) is 3.14. The topological polar surface area (TPSA) is 92.8 Å². The number of nitrogens with zero attached hydrogens (tertiary/aromatic N) is 4. The van der Waals surface area contributed by atoms with Crippen molar-refractivity contribution in [3.8, 4) is 0 Å². The summed E-state index contributed by atoms with van der Waals surface area (Å²) in [5.74, 6) is 0. The molecule has 0 aromatic heterocycles. The first kappa shape index (κ1) is 7.22. The van der Waals surface area contributed by atoms with Crippen molar-refractivity contribution in [2.75, 3.05) is 7.11 Å². The molecule has 0 saturated heterocycles. The third-order valence-electron chi connectivity index (χ3n) is 0.831. The van der Waals surface area contributed by atoms with E-state index in [4.69, 9.17) is 0 Å². The zero-order chi connectivity index (χ0) is 7.61. The molecule has 0 radical (unpaired) electrons. The Morgan fingerprint density at radius 3 is 2.20 bits per heavy atom. The minimum absolute atomic E-state index is 1.03. The maximum absolute atomic E-state index is 10.7. The molecule has 0 aromatic rings. The molecule has 56 valence electrons. The fourth-order valence-electron chi connectivity index (χ4n) is 0.359. The van der Waals surface area contributed by atoms with E-state index in [1.54, 1.807) is 0 Å². The molecule has 0 aromatic carbocycles. The average Bonchev–Trinajstić information content (AvgIpc) is 2.38. The Morgan fingerprint density at radius 1 is 1.30 bits per heavy atom. The molecule has 10 heavy (non-hydrogen) atoms. The van der Waals surface area contributed by atoms with Gasteiger partial charge in [-0.2, -0.15) is 8.42 Å². The number of hydrogen-bond acceptors (Lipinski definition) is 7. The van der Waals surface area contributed by atoms with E-state index in [9.17, 15) is 8.42 Å². The molecular formula is C2H4N4O3S. The third-order valence-corrected chi connectivity index (χ3v) is 2.00. The van der Waals surface area contributed by atoms with Gasteiger partial charge in [-0.25, -0.2) is 0 Å². The summed E-state index contributed by atoms with van der Waals surface area (Å²) in [5.41, 5.74) is -1.31. The molecular weight excluding hydrogens is 160 g/mol. The van der Waals surface area contributed by atoms with Crippen LogP contribution in [0.2, 0.25) is 0 Å². The molecule has 0 amide bonds. The zero-order valence-electron chi connectivity index (χ0n) is 5.00. The van der Waals surface area contributed by atoms with E-state index in [0.717, 1.165) is 7.11 Å². The van der Waals surface area contributed by atoms with Gasteiger partial charge in [0.05, 0.1) is 7.11 Å². The van der Waals surface area contributed by atoms with Crippen LogP contribution >= 0.6 is 0 Å². The summed E-state index contributed by atoms with van der Waals surface area (Å²) in [5, 5.41) is 12.3. The Hall–Kier alpha value is -0.890. The van der Waals surface area contributed by atoms with Gasteiger partial charge >= 0.3 is 15.6 Å². The minimum atomic E-state index is -3.72. The van der Waals surface area contributed by atoms with E-state index in [-0.39, 0.29) is 0 Å². The molecule has 0 unspecified atom stereocenters. The molecule has 0 bridgehead atoms. The Morgan fingerprint density at radius 2 is 1.80 bits per heavy atom. The highest BCUT2D eigenvalue weighted by Crippen LogP contribution is 2.12. The summed E-state index contributed by atoms with van der Waals surface area (Å²) in [6.45, 7) is 0. The zero-order valence-corrected chi connectivity index (χ0v) is 5.82. The molecule has 1 aliphatic rings. The van der Waals surface area contributed by atoms with Gasteiger partial charge in [0.1, 0.15) is 0 Å². The van der Waals surface area contributed by atoms with Gasteiger partial charge in [-0.1, -0.05) is 0 Å². The first-order chi connectivity index (χ1) is 4.67. The van der Waals surface area contributed by atoms with Crippen molar-refractivity contribution in [3.63, 3.8) is 0 Å². The summed E-state index contributed by atoms with van der Waals surface area (Å²) < 4.78 is 25.4. The lowest BCUT2D eigenvalue weighted by Gasteiger charge is -1.98. The van der Waals surface area contributed by atoms with Crippen LogP contribution in [0.5, 0.6) is 0 Å². The van der Waals surface area contributed by atoms with Crippen molar-refractivity contribution in [1.82, 2.24) is 0 Å². The molecule has 1 rings (SSSR count). The smallest absolute Gasteiger partial charge is 0.270 e. The lowest BCUT2D eigenvalue weighted by molar-refractivity contribution is 0.388. The molecule has 0 N–H and O–H groups in total. The van der Waals surface area contributed by atoms with Crippen LogP contribution in [0.1, 0.15) is 0 Å². The summed E-state index contributed by atoms with van der Waals surface area (Å²) in [4.78, 5) is 0. The van der Waals surface area contributed by atoms with Gasteiger partial charge in [0, 0.05) is 0 Å². The predicted molar refractivity (Wildman–Crippen MR) is 29.4 cm³/mol.